The van der Waals surface area contributed by atoms with Crippen molar-refractivity contribution in [2.75, 3.05) is 7.05 Å². The van der Waals surface area contributed by atoms with Crippen molar-refractivity contribution in [3.63, 3.8) is 0 Å². The van der Waals surface area contributed by atoms with E-state index >= 15 is 0 Å². The normalized spacial score (nSPS) is 36.6. The zero-order valence-corrected chi connectivity index (χ0v) is 11.9. The van der Waals surface area contributed by atoms with Crippen LogP contribution in [0.5, 0.6) is 0 Å². The second-order valence-electron chi connectivity index (χ2n) is 6.23. The van der Waals surface area contributed by atoms with Crippen molar-refractivity contribution in [2.24, 2.45) is 17.6 Å². The summed E-state index contributed by atoms with van der Waals surface area (Å²) in [5.41, 5.74) is 6.04. The van der Waals surface area contributed by atoms with E-state index in [2.05, 4.69) is 6.92 Å². The smallest absolute Gasteiger partial charge is 0.227 e. The number of rotatable bonds is 3. The monoisotopic (exact) mass is 252 g/mol. The van der Waals surface area contributed by atoms with Crippen molar-refractivity contribution in [1.29, 1.82) is 0 Å². The van der Waals surface area contributed by atoms with E-state index in [0.717, 1.165) is 25.2 Å². The minimum Gasteiger partial charge on any atom is -0.342 e. The van der Waals surface area contributed by atoms with Gasteiger partial charge < -0.3 is 10.6 Å². The molecule has 2 unspecified atom stereocenters. The van der Waals surface area contributed by atoms with Gasteiger partial charge in [-0.25, -0.2) is 0 Å². The Kier molecular flexibility index (Phi) is 4.66. The van der Waals surface area contributed by atoms with Crippen LogP contribution in [0.4, 0.5) is 0 Å². The molecule has 0 aromatic carbocycles. The molecule has 2 rings (SSSR count). The number of carbonyl (C=O) groups is 1. The summed E-state index contributed by atoms with van der Waals surface area (Å²) in [6.45, 7) is 2.28. The zero-order chi connectivity index (χ0) is 13.1. The van der Waals surface area contributed by atoms with Crippen LogP contribution in [0.1, 0.15) is 58.3 Å². The van der Waals surface area contributed by atoms with Crippen LogP contribution in [0.15, 0.2) is 0 Å². The van der Waals surface area contributed by atoms with Gasteiger partial charge in [-0.2, -0.15) is 0 Å². The predicted octanol–water partition coefficient (Wildman–Crippen LogP) is 2.54. The Morgan fingerprint density at radius 3 is 2.33 bits per heavy atom. The molecule has 2 atom stereocenters. The molecule has 0 radical (unpaired) electrons. The summed E-state index contributed by atoms with van der Waals surface area (Å²) in [6, 6.07) is 0.569. The van der Waals surface area contributed by atoms with Crippen LogP contribution in [-0.2, 0) is 4.79 Å². The Labute approximate surface area is 111 Å². The molecule has 2 fully saturated rings. The van der Waals surface area contributed by atoms with Gasteiger partial charge in [-0.3, -0.25) is 4.79 Å². The maximum Gasteiger partial charge on any atom is 0.227 e. The molecule has 0 saturated heterocycles. The lowest BCUT2D eigenvalue weighted by Gasteiger charge is -2.36. The average Bonchev–Trinajstić information content (AvgIpc) is 2.83. The van der Waals surface area contributed by atoms with Gasteiger partial charge in [0.15, 0.2) is 0 Å². The third kappa shape index (κ3) is 2.87. The molecule has 3 heteroatoms. The van der Waals surface area contributed by atoms with Gasteiger partial charge in [0.2, 0.25) is 5.91 Å². The van der Waals surface area contributed by atoms with Crippen molar-refractivity contribution in [3.8, 4) is 0 Å². The molecule has 2 aliphatic rings. The van der Waals surface area contributed by atoms with E-state index in [0.29, 0.717) is 11.9 Å². The Hall–Kier alpha value is -0.570. The second kappa shape index (κ2) is 6.05. The van der Waals surface area contributed by atoms with Crippen LogP contribution in [0.2, 0.25) is 0 Å². The fraction of sp³-hybridized carbons (Fsp3) is 0.933. The van der Waals surface area contributed by atoms with Gasteiger partial charge in [-0.1, -0.05) is 19.8 Å². The lowest BCUT2D eigenvalue weighted by molar-refractivity contribution is -0.137. The first-order chi connectivity index (χ1) is 8.63. The fourth-order valence-corrected chi connectivity index (χ4v) is 3.68. The van der Waals surface area contributed by atoms with E-state index in [1.807, 2.05) is 11.9 Å². The molecule has 2 aliphatic carbocycles. The van der Waals surface area contributed by atoms with Crippen molar-refractivity contribution in [1.82, 2.24) is 4.90 Å². The summed E-state index contributed by atoms with van der Waals surface area (Å²) in [4.78, 5) is 14.5. The predicted molar refractivity (Wildman–Crippen MR) is 74.1 cm³/mol. The molecule has 3 nitrogen and oxygen atoms in total. The SMILES string of the molecule is CCC1CCC(N(C)C(=O)C2CCCC2N)CC1. The first-order valence-electron chi connectivity index (χ1n) is 7.65. The van der Waals surface area contributed by atoms with Gasteiger partial charge >= 0.3 is 0 Å². The molecule has 0 aromatic rings. The van der Waals surface area contributed by atoms with Crippen molar-refractivity contribution < 1.29 is 4.79 Å². The molecule has 2 N–H and O–H groups in total. The lowest BCUT2D eigenvalue weighted by Crippen LogP contribution is -2.45. The highest BCUT2D eigenvalue weighted by Crippen LogP contribution is 2.31. The maximum atomic E-state index is 12.5. The Balaban J connectivity index is 1.87. The summed E-state index contributed by atoms with van der Waals surface area (Å²) in [5.74, 6) is 1.29. The van der Waals surface area contributed by atoms with Crippen molar-refractivity contribution in [3.05, 3.63) is 0 Å². The van der Waals surface area contributed by atoms with Gasteiger partial charge in [0.1, 0.15) is 0 Å². The molecule has 0 heterocycles. The fourth-order valence-electron chi connectivity index (χ4n) is 3.68. The lowest BCUT2D eigenvalue weighted by atomic mass is 9.83. The number of hydrogen-bond donors (Lipinski definition) is 1. The van der Waals surface area contributed by atoms with Crippen LogP contribution in [0.3, 0.4) is 0 Å². The van der Waals surface area contributed by atoms with E-state index in [-0.39, 0.29) is 12.0 Å². The largest absolute Gasteiger partial charge is 0.342 e. The first kappa shape index (κ1) is 13.9. The van der Waals surface area contributed by atoms with E-state index in [1.54, 1.807) is 0 Å². The number of hydrogen-bond acceptors (Lipinski definition) is 2. The molecule has 18 heavy (non-hydrogen) atoms. The highest BCUT2D eigenvalue weighted by molar-refractivity contribution is 5.80. The van der Waals surface area contributed by atoms with Gasteiger partial charge in [-0.15, -0.1) is 0 Å². The average molecular weight is 252 g/mol. The van der Waals surface area contributed by atoms with E-state index < -0.39 is 0 Å². The number of nitrogens with zero attached hydrogens (tertiary/aromatic N) is 1. The maximum absolute atomic E-state index is 12.5. The van der Waals surface area contributed by atoms with Crippen LogP contribution in [-0.4, -0.2) is 29.9 Å². The summed E-state index contributed by atoms with van der Waals surface area (Å²) >= 11 is 0. The zero-order valence-electron chi connectivity index (χ0n) is 11.9. The molecule has 2 saturated carbocycles. The minimum absolute atomic E-state index is 0.0962. The van der Waals surface area contributed by atoms with E-state index in [9.17, 15) is 4.79 Å². The highest BCUT2D eigenvalue weighted by Gasteiger charge is 2.35. The molecular formula is C15H28N2O. The second-order valence-corrected chi connectivity index (χ2v) is 6.23. The topological polar surface area (TPSA) is 46.3 Å². The van der Waals surface area contributed by atoms with Gasteiger partial charge in [-0.05, 0) is 44.4 Å². The Morgan fingerprint density at radius 2 is 1.83 bits per heavy atom. The van der Waals surface area contributed by atoms with Crippen LogP contribution < -0.4 is 5.73 Å². The van der Waals surface area contributed by atoms with Gasteiger partial charge in [0.05, 0.1) is 5.92 Å². The molecule has 0 spiro atoms. The Bertz CT molecular complexity index is 284. The van der Waals surface area contributed by atoms with Gasteiger partial charge in [0.25, 0.3) is 0 Å². The highest BCUT2D eigenvalue weighted by atomic mass is 16.2. The van der Waals surface area contributed by atoms with Crippen LogP contribution in [0, 0.1) is 11.8 Å². The molecular weight excluding hydrogens is 224 g/mol. The molecule has 104 valence electrons. The summed E-state index contributed by atoms with van der Waals surface area (Å²) in [6.07, 6.45) is 9.36. The quantitative estimate of drug-likeness (QED) is 0.839. The van der Waals surface area contributed by atoms with E-state index in [1.165, 1.54) is 32.1 Å². The Morgan fingerprint density at radius 1 is 1.17 bits per heavy atom. The van der Waals surface area contributed by atoms with Crippen molar-refractivity contribution >= 4 is 5.91 Å². The first-order valence-corrected chi connectivity index (χ1v) is 7.65. The molecule has 0 bridgehead atoms. The summed E-state index contributed by atoms with van der Waals surface area (Å²) < 4.78 is 0. The summed E-state index contributed by atoms with van der Waals surface area (Å²) in [7, 11) is 1.99. The standard InChI is InChI=1S/C15H28N2O/c1-3-11-7-9-12(10-8-11)17(2)15(18)13-5-4-6-14(13)16/h11-14H,3-10,16H2,1-2H3. The third-order valence-corrected chi connectivity index (χ3v) is 5.18. The van der Waals surface area contributed by atoms with Gasteiger partial charge in [0, 0.05) is 19.1 Å². The third-order valence-electron chi connectivity index (χ3n) is 5.18. The van der Waals surface area contributed by atoms with Crippen LogP contribution >= 0.6 is 0 Å². The molecule has 1 amide bonds. The number of nitrogens with two attached hydrogens (primary N) is 1. The van der Waals surface area contributed by atoms with Crippen molar-refractivity contribution in [2.45, 2.75) is 70.4 Å². The number of amides is 1. The summed E-state index contributed by atoms with van der Waals surface area (Å²) in [5, 5.41) is 0. The number of carbonyl (C=O) groups excluding carboxylic acids is 1. The molecule has 0 aromatic heterocycles. The minimum atomic E-state index is 0.0962. The van der Waals surface area contributed by atoms with Crippen LogP contribution in [0.25, 0.3) is 0 Å². The molecule has 0 aliphatic heterocycles. The van der Waals surface area contributed by atoms with E-state index in [4.69, 9.17) is 5.73 Å².